The molecule has 0 aromatic heterocycles. The third kappa shape index (κ3) is 2.93. The quantitative estimate of drug-likeness (QED) is 0.752. The molecule has 0 aromatic carbocycles. The van der Waals surface area contributed by atoms with E-state index in [-0.39, 0.29) is 18.3 Å². The van der Waals surface area contributed by atoms with Gasteiger partial charge in [0.2, 0.25) is 0 Å². The maximum atomic E-state index is 9.74. The zero-order valence-electron chi connectivity index (χ0n) is 10.4. The van der Waals surface area contributed by atoms with E-state index in [1.54, 1.807) is 0 Å². The predicted molar refractivity (Wildman–Crippen MR) is 58.2 cm³/mol. The van der Waals surface area contributed by atoms with Crippen LogP contribution in [0.3, 0.4) is 0 Å². The lowest BCUT2D eigenvalue weighted by Crippen LogP contribution is -2.59. The van der Waals surface area contributed by atoms with Crippen molar-refractivity contribution in [2.45, 2.75) is 51.5 Å². The van der Waals surface area contributed by atoms with E-state index in [9.17, 15) is 5.11 Å². The molecule has 1 heterocycles. The molecule has 0 saturated carbocycles. The first kappa shape index (κ1) is 13.9. The van der Waals surface area contributed by atoms with Gasteiger partial charge in [0.25, 0.3) is 0 Å². The van der Waals surface area contributed by atoms with Crippen LogP contribution < -0.4 is 0 Å². The molecule has 5 atom stereocenters. The van der Waals surface area contributed by atoms with Crippen molar-refractivity contribution in [2.24, 2.45) is 0 Å². The number of ether oxygens (including phenoxy) is 4. The Morgan fingerprint density at radius 1 is 1.06 bits per heavy atom. The summed E-state index contributed by atoms with van der Waals surface area (Å²) in [6.45, 7) is 6.81. The van der Waals surface area contributed by atoms with Gasteiger partial charge in [0.15, 0.2) is 6.29 Å². The molecule has 96 valence electrons. The van der Waals surface area contributed by atoms with E-state index in [4.69, 9.17) is 18.9 Å². The molecule has 1 aliphatic rings. The number of aliphatic hydroxyl groups is 1. The fourth-order valence-electron chi connectivity index (χ4n) is 2.05. The van der Waals surface area contributed by atoms with E-state index in [2.05, 4.69) is 0 Å². The summed E-state index contributed by atoms with van der Waals surface area (Å²) in [5, 5.41) is 9.74. The zero-order valence-corrected chi connectivity index (χ0v) is 10.4. The first-order valence-corrected chi connectivity index (χ1v) is 5.75. The Bertz CT molecular complexity index is 199. The third-order valence-electron chi connectivity index (χ3n) is 2.74. The Kier molecular flexibility index (Phi) is 5.64. The van der Waals surface area contributed by atoms with Crippen LogP contribution in [0.2, 0.25) is 0 Å². The van der Waals surface area contributed by atoms with Gasteiger partial charge in [0.1, 0.15) is 18.3 Å². The molecular formula is C11H22O5. The van der Waals surface area contributed by atoms with Crippen LogP contribution >= 0.6 is 0 Å². The number of hydrogen-bond acceptors (Lipinski definition) is 5. The summed E-state index contributed by atoms with van der Waals surface area (Å²) in [6.07, 6.45) is -2.19. The molecule has 1 N–H and O–H groups in total. The standard InChI is InChI=1S/C11H22O5/c1-5-14-8-7(3)16-11(12)10(13-4)9(8)15-6-2/h7-12H,5-6H2,1-4H3/t7?,8-,9?,10?,11+/m0/s1. The molecule has 0 aliphatic carbocycles. The van der Waals surface area contributed by atoms with Gasteiger partial charge in [-0.15, -0.1) is 0 Å². The second-order valence-electron chi connectivity index (χ2n) is 3.77. The summed E-state index contributed by atoms with van der Waals surface area (Å²) in [5.74, 6) is 0. The first-order valence-electron chi connectivity index (χ1n) is 5.75. The Morgan fingerprint density at radius 2 is 1.62 bits per heavy atom. The number of rotatable bonds is 5. The van der Waals surface area contributed by atoms with Crippen molar-refractivity contribution in [1.82, 2.24) is 0 Å². The van der Waals surface area contributed by atoms with Crippen LogP contribution in [0.1, 0.15) is 20.8 Å². The van der Waals surface area contributed by atoms with Gasteiger partial charge in [-0.2, -0.15) is 0 Å². The lowest BCUT2D eigenvalue weighted by Gasteiger charge is -2.42. The molecule has 3 unspecified atom stereocenters. The summed E-state index contributed by atoms with van der Waals surface area (Å²) < 4.78 is 21.8. The van der Waals surface area contributed by atoms with E-state index in [0.717, 1.165) is 0 Å². The van der Waals surface area contributed by atoms with Crippen molar-refractivity contribution in [3.63, 3.8) is 0 Å². The fourth-order valence-corrected chi connectivity index (χ4v) is 2.05. The minimum absolute atomic E-state index is 0.210. The van der Waals surface area contributed by atoms with Gasteiger partial charge in [-0.3, -0.25) is 0 Å². The molecule has 0 spiro atoms. The van der Waals surface area contributed by atoms with Crippen molar-refractivity contribution < 1.29 is 24.1 Å². The molecule has 1 rings (SSSR count). The van der Waals surface area contributed by atoms with Crippen LogP contribution in [-0.2, 0) is 18.9 Å². The second kappa shape index (κ2) is 6.51. The van der Waals surface area contributed by atoms with E-state index in [1.807, 2.05) is 20.8 Å². The number of aliphatic hydroxyl groups excluding tert-OH is 1. The summed E-state index contributed by atoms with van der Waals surface area (Å²) >= 11 is 0. The molecule has 0 aromatic rings. The smallest absolute Gasteiger partial charge is 0.184 e. The number of methoxy groups -OCH3 is 1. The highest BCUT2D eigenvalue weighted by Gasteiger charge is 2.45. The fraction of sp³-hybridized carbons (Fsp3) is 1.00. The predicted octanol–water partition coefficient (Wildman–Crippen LogP) is 0.549. The Balaban J connectivity index is 2.77. The molecule has 0 radical (unpaired) electrons. The molecular weight excluding hydrogens is 212 g/mol. The van der Waals surface area contributed by atoms with Crippen LogP contribution in [-0.4, -0.2) is 56.1 Å². The van der Waals surface area contributed by atoms with E-state index >= 15 is 0 Å². The molecule has 0 bridgehead atoms. The third-order valence-corrected chi connectivity index (χ3v) is 2.74. The SMILES string of the molecule is CCOC1C(OC)[C@H](O)OC(C)[C@@H]1OCC. The largest absolute Gasteiger partial charge is 0.373 e. The van der Waals surface area contributed by atoms with Crippen molar-refractivity contribution >= 4 is 0 Å². The summed E-state index contributed by atoms with van der Waals surface area (Å²) in [5.41, 5.74) is 0. The second-order valence-corrected chi connectivity index (χ2v) is 3.77. The number of hydrogen-bond donors (Lipinski definition) is 1. The van der Waals surface area contributed by atoms with Crippen LogP contribution in [0.15, 0.2) is 0 Å². The molecule has 1 aliphatic heterocycles. The minimum atomic E-state index is -0.965. The summed E-state index contributed by atoms with van der Waals surface area (Å²) in [4.78, 5) is 0. The van der Waals surface area contributed by atoms with Gasteiger partial charge in [0.05, 0.1) is 6.10 Å². The normalized spacial score (nSPS) is 39.9. The van der Waals surface area contributed by atoms with Crippen LogP contribution in [0, 0.1) is 0 Å². The maximum absolute atomic E-state index is 9.74. The molecule has 0 amide bonds. The van der Waals surface area contributed by atoms with Gasteiger partial charge >= 0.3 is 0 Å². The monoisotopic (exact) mass is 234 g/mol. The summed E-state index contributed by atoms with van der Waals surface area (Å²) in [6, 6.07) is 0. The van der Waals surface area contributed by atoms with E-state index < -0.39 is 12.4 Å². The van der Waals surface area contributed by atoms with Crippen molar-refractivity contribution in [3.05, 3.63) is 0 Å². The molecule has 16 heavy (non-hydrogen) atoms. The van der Waals surface area contributed by atoms with Crippen LogP contribution in [0.25, 0.3) is 0 Å². The molecule has 5 nitrogen and oxygen atoms in total. The van der Waals surface area contributed by atoms with Crippen molar-refractivity contribution in [1.29, 1.82) is 0 Å². The maximum Gasteiger partial charge on any atom is 0.184 e. The minimum Gasteiger partial charge on any atom is -0.373 e. The average molecular weight is 234 g/mol. The first-order chi connectivity index (χ1) is 7.65. The zero-order chi connectivity index (χ0) is 12.1. The van der Waals surface area contributed by atoms with Gasteiger partial charge < -0.3 is 24.1 Å². The summed E-state index contributed by atoms with van der Waals surface area (Å²) in [7, 11) is 1.53. The topological polar surface area (TPSA) is 57.2 Å². The Labute approximate surface area is 96.6 Å². The highest BCUT2D eigenvalue weighted by atomic mass is 16.7. The Morgan fingerprint density at radius 3 is 2.12 bits per heavy atom. The highest BCUT2D eigenvalue weighted by Crippen LogP contribution is 2.26. The Hall–Kier alpha value is -0.200. The van der Waals surface area contributed by atoms with Gasteiger partial charge in [-0.1, -0.05) is 0 Å². The van der Waals surface area contributed by atoms with Crippen molar-refractivity contribution in [2.75, 3.05) is 20.3 Å². The van der Waals surface area contributed by atoms with Gasteiger partial charge in [-0.25, -0.2) is 0 Å². The molecule has 5 heteroatoms. The van der Waals surface area contributed by atoms with Crippen LogP contribution in [0.5, 0.6) is 0 Å². The molecule has 1 saturated heterocycles. The highest BCUT2D eigenvalue weighted by molar-refractivity contribution is 4.90. The average Bonchev–Trinajstić information content (AvgIpc) is 2.24. The van der Waals surface area contributed by atoms with E-state index in [1.165, 1.54) is 7.11 Å². The van der Waals surface area contributed by atoms with Gasteiger partial charge in [0, 0.05) is 20.3 Å². The van der Waals surface area contributed by atoms with Crippen LogP contribution in [0.4, 0.5) is 0 Å². The lowest BCUT2D eigenvalue weighted by molar-refractivity contribution is -0.297. The lowest BCUT2D eigenvalue weighted by atomic mass is 9.99. The van der Waals surface area contributed by atoms with Crippen molar-refractivity contribution in [3.8, 4) is 0 Å². The molecule has 1 fully saturated rings. The van der Waals surface area contributed by atoms with E-state index in [0.29, 0.717) is 13.2 Å². The van der Waals surface area contributed by atoms with Gasteiger partial charge in [-0.05, 0) is 20.8 Å².